The number of nitrogens with zero attached hydrogens (tertiary/aromatic N) is 1. The van der Waals surface area contributed by atoms with Crippen molar-refractivity contribution in [1.29, 1.82) is 0 Å². The van der Waals surface area contributed by atoms with Crippen molar-refractivity contribution in [3.8, 4) is 0 Å². The first-order valence-electron chi connectivity index (χ1n) is 9.25. The zero-order valence-corrected chi connectivity index (χ0v) is 16.1. The van der Waals surface area contributed by atoms with Crippen molar-refractivity contribution in [3.05, 3.63) is 64.1 Å². The minimum Gasteiger partial charge on any atom is -0.274 e. The summed E-state index contributed by atoms with van der Waals surface area (Å²) in [6.45, 7) is 1.98. The molecule has 2 aliphatic carbocycles. The van der Waals surface area contributed by atoms with Crippen molar-refractivity contribution in [2.24, 2.45) is 23.7 Å². The van der Waals surface area contributed by atoms with Gasteiger partial charge in [0.15, 0.2) is 0 Å². The van der Waals surface area contributed by atoms with Gasteiger partial charge in [0.2, 0.25) is 11.8 Å². The number of fused-ring (bicyclic) bond motifs is 5. The Morgan fingerprint density at radius 3 is 2.42 bits per heavy atom. The Kier molecular flexibility index (Phi) is 3.61. The van der Waals surface area contributed by atoms with Crippen LogP contribution in [0.4, 0.5) is 5.69 Å². The van der Waals surface area contributed by atoms with Gasteiger partial charge in [-0.1, -0.05) is 46.3 Å². The van der Waals surface area contributed by atoms with Crippen LogP contribution in [0.5, 0.6) is 0 Å². The third-order valence-electron chi connectivity index (χ3n) is 6.64. The molecule has 5 rings (SSSR count). The average Bonchev–Trinajstić information content (AvgIpc) is 3.30. The summed E-state index contributed by atoms with van der Waals surface area (Å²) in [6.07, 6.45) is 2.04. The second-order valence-corrected chi connectivity index (χ2v) is 8.76. The van der Waals surface area contributed by atoms with Crippen LogP contribution < -0.4 is 4.90 Å². The van der Waals surface area contributed by atoms with E-state index in [9.17, 15) is 9.59 Å². The van der Waals surface area contributed by atoms with Gasteiger partial charge in [0.05, 0.1) is 17.5 Å². The minimum atomic E-state index is -0.143. The first kappa shape index (κ1) is 16.2. The number of carbonyl (C=O) groups is 2. The smallest absolute Gasteiger partial charge is 0.237 e. The first-order valence-corrected chi connectivity index (χ1v) is 10.0. The third kappa shape index (κ3) is 2.18. The molecule has 0 radical (unpaired) electrons. The van der Waals surface area contributed by atoms with Gasteiger partial charge in [0, 0.05) is 4.47 Å². The summed E-state index contributed by atoms with van der Waals surface area (Å²) in [5.74, 6) is 0.812. The molecular formula is C22H20BrNO2. The van der Waals surface area contributed by atoms with Gasteiger partial charge in [0.1, 0.15) is 0 Å². The lowest BCUT2D eigenvalue weighted by Crippen LogP contribution is -2.33. The van der Waals surface area contributed by atoms with Gasteiger partial charge in [-0.25, -0.2) is 0 Å². The summed E-state index contributed by atoms with van der Waals surface area (Å²) in [6, 6.07) is 16.2. The summed E-state index contributed by atoms with van der Waals surface area (Å²) in [4.78, 5) is 27.8. The topological polar surface area (TPSA) is 37.4 Å². The molecule has 26 heavy (non-hydrogen) atoms. The van der Waals surface area contributed by atoms with Crippen LogP contribution in [-0.2, 0) is 9.59 Å². The van der Waals surface area contributed by atoms with Crippen molar-refractivity contribution in [1.82, 2.24) is 0 Å². The first-order chi connectivity index (χ1) is 12.6. The molecule has 1 heterocycles. The number of imide groups is 1. The SMILES string of the molecule is Cc1cc(N2C(=O)[C@@H]3C4CC([C@H](c5ccccc5)C4)[C@@H]3C2=O)ccc1Br. The van der Waals surface area contributed by atoms with Gasteiger partial charge < -0.3 is 0 Å². The van der Waals surface area contributed by atoms with E-state index in [0.29, 0.717) is 23.4 Å². The normalized spacial score (nSPS) is 32.4. The van der Waals surface area contributed by atoms with E-state index in [1.54, 1.807) is 0 Å². The number of amides is 2. The van der Waals surface area contributed by atoms with Crippen LogP contribution in [0.1, 0.15) is 29.9 Å². The highest BCUT2D eigenvalue weighted by Crippen LogP contribution is 2.61. The van der Waals surface area contributed by atoms with E-state index in [4.69, 9.17) is 0 Å². The van der Waals surface area contributed by atoms with E-state index in [1.807, 2.05) is 31.2 Å². The second-order valence-electron chi connectivity index (χ2n) is 7.91. The van der Waals surface area contributed by atoms with Crippen LogP contribution in [0.3, 0.4) is 0 Å². The van der Waals surface area contributed by atoms with E-state index in [2.05, 4.69) is 40.2 Å². The van der Waals surface area contributed by atoms with Gasteiger partial charge in [0.25, 0.3) is 0 Å². The van der Waals surface area contributed by atoms with E-state index >= 15 is 0 Å². The minimum absolute atomic E-state index is 0.00912. The van der Waals surface area contributed by atoms with E-state index in [0.717, 1.165) is 22.9 Å². The molecule has 0 aromatic heterocycles. The van der Waals surface area contributed by atoms with E-state index < -0.39 is 0 Å². The van der Waals surface area contributed by atoms with Gasteiger partial charge in [-0.15, -0.1) is 0 Å². The molecule has 1 aliphatic heterocycles. The Labute approximate surface area is 161 Å². The van der Waals surface area contributed by atoms with Crippen LogP contribution in [0.2, 0.25) is 0 Å². The van der Waals surface area contributed by atoms with Gasteiger partial charge in [-0.3, -0.25) is 14.5 Å². The highest BCUT2D eigenvalue weighted by atomic mass is 79.9. The van der Waals surface area contributed by atoms with Gasteiger partial charge in [-0.05, 0) is 66.8 Å². The predicted molar refractivity (Wildman–Crippen MR) is 104 cm³/mol. The zero-order chi connectivity index (χ0) is 18.0. The maximum absolute atomic E-state index is 13.3. The maximum Gasteiger partial charge on any atom is 0.237 e. The van der Waals surface area contributed by atoms with Crippen molar-refractivity contribution in [3.63, 3.8) is 0 Å². The van der Waals surface area contributed by atoms with Crippen LogP contribution in [0.15, 0.2) is 53.0 Å². The molecule has 0 spiro atoms. The molecule has 2 amide bonds. The summed E-state index contributed by atoms with van der Waals surface area (Å²) >= 11 is 3.49. The van der Waals surface area contributed by atoms with Crippen molar-refractivity contribution in [2.45, 2.75) is 25.7 Å². The number of rotatable bonds is 2. The number of hydrogen-bond donors (Lipinski definition) is 0. The molecule has 132 valence electrons. The molecule has 3 aliphatic rings. The average molecular weight is 410 g/mol. The molecule has 0 N–H and O–H groups in total. The Bertz CT molecular complexity index is 910. The molecule has 2 aromatic carbocycles. The zero-order valence-electron chi connectivity index (χ0n) is 14.6. The van der Waals surface area contributed by atoms with Crippen molar-refractivity contribution in [2.75, 3.05) is 4.90 Å². The highest BCUT2D eigenvalue weighted by Gasteiger charge is 2.64. The summed E-state index contributed by atoms with van der Waals surface area (Å²) in [5, 5.41) is 0. The summed E-state index contributed by atoms with van der Waals surface area (Å²) < 4.78 is 0.991. The van der Waals surface area contributed by atoms with Crippen LogP contribution in [-0.4, -0.2) is 11.8 Å². The fourth-order valence-electron chi connectivity index (χ4n) is 5.57. The molecular weight excluding hydrogens is 390 g/mol. The molecule has 2 saturated carbocycles. The number of aryl methyl sites for hydroxylation is 1. The molecule has 5 atom stereocenters. The van der Waals surface area contributed by atoms with Gasteiger partial charge in [-0.2, -0.15) is 0 Å². The lowest BCUT2D eigenvalue weighted by molar-refractivity contribution is -0.123. The van der Waals surface area contributed by atoms with Crippen LogP contribution >= 0.6 is 15.9 Å². The number of benzene rings is 2. The number of carbonyl (C=O) groups excluding carboxylic acids is 2. The lowest BCUT2D eigenvalue weighted by atomic mass is 9.73. The van der Waals surface area contributed by atoms with E-state index in [-0.39, 0.29) is 23.7 Å². The standard InChI is InChI=1S/C22H20BrNO2/c1-12-9-15(7-8-18(12)23)24-21(25)19-14-10-16(13-5-3-2-4-6-13)17(11-14)20(19)22(24)26/h2-9,14,16-17,19-20H,10-11H2,1H3/t14?,16-,17?,19+,20-/m0/s1. The monoisotopic (exact) mass is 409 g/mol. The van der Waals surface area contributed by atoms with Gasteiger partial charge >= 0.3 is 0 Å². The van der Waals surface area contributed by atoms with Crippen molar-refractivity contribution >= 4 is 33.4 Å². The molecule has 1 saturated heterocycles. The number of halogens is 1. The highest BCUT2D eigenvalue weighted by molar-refractivity contribution is 9.10. The lowest BCUT2D eigenvalue weighted by Gasteiger charge is -2.28. The van der Waals surface area contributed by atoms with Crippen molar-refractivity contribution < 1.29 is 9.59 Å². The molecule has 2 unspecified atom stereocenters. The van der Waals surface area contributed by atoms with Crippen LogP contribution in [0, 0.1) is 30.6 Å². The number of hydrogen-bond acceptors (Lipinski definition) is 2. The molecule has 3 nitrogen and oxygen atoms in total. The molecule has 4 heteroatoms. The summed E-state index contributed by atoms with van der Waals surface area (Å²) in [7, 11) is 0. The number of anilines is 1. The Balaban J connectivity index is 1.50. The Morgan fingerprint density at radius 1 is 0.962 bits per heavy atom. The quantitative estimate of drug-likeness (QED) is 0.674. The molecule has 3 fully saturated rings. The fraction of sp³-hybridized carbons (Fsp3) is 0.364. The largest absolute Gasteiger partial charge is 0.274 e. The Hall–Kier alpha value is -1.94. The summed E-state index contributed by atoms with van der Waals surface area (Å²) in [5.41, 5.74) is 3.06. The maximum atomic E-state index is 13.3. The second kappa shape index (κ2) is 5.78. The van der Waals surface area contributed by atoms with Crippen LogP contribution in [0.25, 0.3) is 0 Å². The fourth-order valence-corrected chi connectivity index (χ4v) is 5.81. The van der Waals surface area contributed by atoms with E-state index in [1.165, 1.54) is 10.5 Å². The molecule has 2 aromatic rings. The molecule has 2 bridgehead atoms. The predicted octanol–water partition coefficient (Wildman–Crippen LogP) is 4.69. The Morgan fingerprint density at radius 2 is 1.69 bits per heavy atom. The third-order valence-corrected chi connectivity index (χ3v) is 7.53.